The second-order valence-corrected chi connectivity index (χ2v) is 6.29. The summed E-state index contributed by atoms with van der Waals surface area (Å²) in [5, 5.41) is 11.6. The van der Waals surface area contributed by atoms with Crippen LogP contribution in [0.4, 0.5) is 4.39 Å². The van der Waals surface area contributed by atoms with Crippen molar-refractivity contribution >= 4 is 11.9 Å². The zero-order chi connectivity index (χ0) is 17.2. The lowest BCUT2D eigenvalue weighted by molar-refractivity contribution is 0.0658. The fourth-order valence-electron chi connectivity index (χ4n) is 2.23. The molecule has 2 rings (SSSR count). The van der Waals surface area contributed by atoms with Gasteiger partial charge in [0.05, 0.1) is 6.04 Å². The van der Waals surface area contributed by atoms with E-state index in [9.17, 15) is 14.0 Å². The molecule has 6 heteroatoms. The molecular formula is C17H18FNO4. The summed E-state index contributed by atoms with van der Waals surface area (Å²) in [6.45, 7) is 5.81. The molecule has 0 saturated heterocycles. The second kappa shape index (κ2) is 6.24. The van der Waals surface area contributed by atoms with Crippen LogP contribution < -0.4 is 5.32 Å². The number of halogens is 1. The molecule has 0 fully saturated rings. The first-order chi connectivity index (χ1) is 10.7. The van der Waals surface area contributed by atoms with Crippen LogP contribution in [-0.4, -0.2) is 17.0 Å². The van der Waals surface area contributed by atoms with E-state index in [4.69, 9.17) is 9.52 Å². The molecule has 0 bridgehead atoms. The standard InChI is InChI=1S/C17H18FNO4/c1-17(2,3)14(10-4-6-11(18)7-5-10)19-15(20)12-8-9-13(23-12)16(21)22/h4-9,14H,1-3H3,(H,19,20)(H,21,22). The van der Waals surface area contributed by atoms with E-state index >= 15 is 0 Å². The maximum atomic E-state index is 13.1. The number of amides is 1. The Bertz CT molecular complexity index is 713. The summed E-state index contributed by atoms with van der Waals surface area (Å²) in [7, 11) is 0. The molecule has 0 aliphatic heterocycles. The molecular weight excluding hydrogens is 301 g/mol. The van der Waals surface area contributed by atoms with Gasteiger partial charge in [0.2, 0.25) is 5.76 Å². The number of rotatable bonds is 4. The first-order valence-corrected chi connectivity index (χ1v) is 7.08. The lowest BCUT2D eigenvalue weighted by Crippen LogP contribution is -2.36. The summed E-state index contributed by atoms with van der Waals surface area (Å²) in [5.41, 5.74) is 0.410. The van der Waals surface area contributed by atoms with Crippen molar-refractivity contribution in [1.82, 2.24) is 5.32 Å². The summed E-state index contributed by atoms with van der Waals surface area (Å²) in [5.74, 6) is -2.51. The van der Waals surface area contributed by atoms with Gasteiger partial charge in [-0.2, -0.15) is 0 Å². The van der Waals surface area contributed by atoms with E-state index in [0.29, 0.717) is 0 Å². The smallest absolute Gasteiger partial charge is 0.371 e. The highest BCUT2D eigenvalue weighted by Crippen LogP contribution is 2.33. The highest BCUT2D eigenvalue weighted by Gasteiger charge is 2.29. The summed E-state index contributed by atoms with van der Waals surface area (Å²) in [6.07, 6.45) is 0. The fourth-order valence-corrected chi connectivity index (χ4v) is 2.23. The van der Waals surface area contributed by atoms with Crippen molar-refractivity contribution in [2.24, 2.45) is 5.41 Å². The van der Waals surface area contributed by atoms with Crippen LogP contribution in [0.3, 0.4) is 0 Å². The van der Waals surface area contributed by atoms with Gasteiger partial charge in [0.1, 0.15) is 5.82 Å². The van der Waals surface area contributed by atoms with Gasteiger partial charge >= 0.3 is 5.97 Å². The highest BCUT2D eigenvalue weighted by atomic mass is 19.1. The number of nitrogens with one attached hydrogen (secondary N) is 1. The third-order valence-corrected chi connectivity index (χ3v) is 3.39. The van der Waals surface area contributed by atoms with Gasteiger partial charge in [0, 0.05) is 0 Å². The van der Waals surface area contributed by atoms with Crippen LogP contribution in [0.5, 0.6) is 0 Å². The molecule has 1 atom stereocenters. The number of hydrogen-bond acceptors (Lipinski definition) is 3. The van der Waals surface area contributed by atoms with Crippen LogP contribution in [0.15, 0.2) is 40.8 Å². The Labute approximate surface area is 133 Å². The molecule has 1 heterocycles. The summed E-state index contributed by atoms with van der Waals surface area (Å²) < 4.78 is 18.1. The summed E-state index contributed by atoms with van der Waals surface area (Å²) in [4.78, 5) is 23.1. The van der Waals surface area contributed by atoms with E-state index in [0.717, 1.165) is 5.56 Å². The van der Waals surface area contributed by atoms with Crippen molar-refractivity contribution in [2.45, 2.75) is 26.8 Å². The van der Waals surface area contributed by atoms with Gasteiger partial charge in [-0.25, -0.2) is 9.18 Å². The first kappa shape index (κ1) is 16.7. The number of hydrogen-bond donors (Lipinski definition) is 2. The molecule has 2 aromatic rings. The van der Waals surface area contributed by atoms with Crippen molar-refractivity contribution in [3.63, 3.8) is 0 Å². The zero-order valence-corrected chi connectivity index (χ0v) is 13.1. The largest absolute Gasteiger partial charge is 0.475 e. The second-order valence-electron chi connectivity index (χ2n) is 6.29. The monoisotopic (exact) mass is 319 g/mol. The lowest BCUT2D eigenvalue weighted by Gasteiger charge is -2.31. The number of benzene rings is 1. The van der Waals surface area contributed by atoms with Crippen LogP contribution in [-0.2, 0) is 0 Å². The van der Waals surface area contributed by atoms with Crippen LogP contribution in [0.25, 0.3) is 0 Å². The van der Waals surface area contributed by atoms with Crippen LogP contribution in [0, 0.1) is 11.2 Å². The SMILES string of the molecule is CC(C)(C)C(NC(=O)c1ccc(C(=O)O)o1)c1ccc(F)cc1. The minimum absolute atomic E-state index is 0.0845. The van der Waals surface area contributed by atoms with Gasteiger partial charge in [0.15, 0.2) is 5.76 Å². The maximum Gasteiger partial charge on any atom is 0.371 e. The number of aromatic carboxylic acids is 1. The van der Waals surface area contributed by atoms with Gasteiger partial charge in [-0.05, 0) is 35.2 Å². The molecule has 23 heavy (non-hydrogen) atoms. The molecule has 5 nitrogen and oxygen atoms in total. The van der Waals surface area contributed by atoms with E-state index in [1.807, 2.05) is 20.8 Å². The number of carboxylic acid groups (broad SMARTS) is 1. The van der Waals surface area contributed by atoms with Gasteiger partial charge in [0.25, 0.3) is 5.91 Å². The minimum Gasteiger partial charge on any atom is -0.475 e. The van der Waals surface area contributed by atoms with Crippen LogP contribution in [0.1, 0.15) is 53.5 Å². The Morgan fingerprint density at radius 3 is 2.13 bits per heavy atom. The third kappa shape index (κ3) is 3.97. The molecule has 122 valence electrons. The topological polar surface area (TPSA) is 79.5 Å². The molecule has 0 saturated carbocycles. The maximum absolute atomic E-state index is 13.1. The Morgan fingerprint density at radius 2 is 1.65 bits per heavy atom. The van der Waals surface area contributed by atoms with E-state index < -0.39 is 17.9 Å². The molecule has 0 aliphatic rings. The van der Waals surface area contributed by atoms with Gasteiger partial charge in [-0.1, -0.05) is 32.9 Å². The molecule has 1 unspecified atom stereocenters. The number of furan rings is 1. The Hall–Kier alpha value is -2.63. The predicted molar refractivity (Wildman–Crippen MR) is 81.7 cm³/mol. The summed E-state index contributed by atoms with van der Waals surface area (Å²) >= 11 is 0. The summed E-state index contributed by atoms with van der Waals surface area (Å²) in [6, 6.07) is 8.01. The van der Waals surface area contributed by atoms with Gasteiger partial charge < -0.3 is 14.8 Å². The first-order valence-electron chi connectivity index (χ1n) is 7.08. The van der Waals surface area contributed by atoms with Crippen molar-refractivity contribution < 1.29 is 23.5 Å². The molecule has 0 aliphatic carbocycles. The van der Waals surface area contributed by atoms with Crippen molar-refractivity contribution in [1.29, 1.82) is 0 Å². The van der Waals surface area contributed by atoms with E-state index in [1.165, 1.54) is 24.3 Å². The third-order valence-electron chi connectivity index (χ3n) is 3.39. The Balaban J connectivity index is 2.25. The molecule has 0 radical (unpaired) electrons. The fraction of sp³-hybridized carbons (Fsp3) is 0.294. The van der Waals surface area contributed by atoms with E-state index in [2.05, 4.69) is 5.32 Å². The Kier molecular flexibility index (Phi) is 4.54. The quantitative estimate of drug-likeness (QED) is 0.902. The molecule has 0 spiro atoms. The zero-order valence-electron chi connectivity index (χ0n) is 13.1. The van der Waals surface area contributed by atoms with Crippen LogP contribution in [0.2, 0.25) is 0 Å². The van der Waals surface area contributed by atoms with Gasteiger partial charge in [-0.15, -0.1) is 0 Å². The number of carboxylic acids is 1. The number of carbonyl (C=O) groups is 2. The average molecular weight is 319 g/mol. The lowest BCUT2D eigenvalue weighted by atomic mass is 9.82. The highest BCUT2D eigenvalue weighted by molar-refractivity contribution is 5.93. The van der Waals surface area contributed by atoms with Crippen molar-refractivity contribution in [3.05, 3.63) is 59.3 Å². The average Bonchev–Trinajstić information content (AvgIpc) is 2.94. The van der Waals surface area contributed by atoms with Crippen molar-refractivity contribution in [3.8, 4) is 0 Å². The molecule has 1 aromatic carbocycles. The van der Waals surface area contributed by atoms with E-state index in [-0.39, 0.29) is 22.8 Å². The molecule has 2 N–H and O–H groups in total. The number of carbonyl (C=O) groups excluding carboxylic acids is 1. The normalized spacial score (nSPS) is 12.7. The Morgan fingerprint density at radius 1 is 1.09 bits per heavy atom. The predicted octanol–water partition coefficient (Wildman–Crippen LogP) is 3.63. The molecule has 1 aromatic heterocycles. The van der Waals surface area contributed by atoms with Crippen LogP contribution >= 0.6 is 0 Å². The van der Waals surface area contributed by atoms with Crippen molar-refractivity contribution in [2.75, 3.05) is 0 Å². The van der Waals surface area contributed by atoms with E-state index in [1.54, 1.807) is 12.1 Å². The minimum atomic E-state index is -1.24. The van der Waals surface area contributed by atoms with Gasteiger partial charge in [-0.3, -0.25) is 4.79 Å². The molecule has 1 amide bonds.